The van der Waals surface area contributed by atoms with Crippen molar-refractivity contribution in [1.82, 2.24) is 0 Å². The summed E-state index contributed by atoms with van der Waals surface area (Å²) in [6.07, 6.45) is -11.8. The second-order valence-corrected chi connectivity index (χ2v) is 9.55. The Morgan fingerprint density at radius 3 is 2.33 bits per heavy atom. The maximum absolute atomic E-state index is 13.2. The number of hydrogen-bond acceptors (Lipinski definition) is 13. The molecule has 14 nitrogen and oxygen atoms in total. The van der Waals surface area contributed by atoms with Gasteiger partial charge in [-0.15, -0.1) is 0 Å². The Morgan fingerprint density at radius 2 is 1.67 bits per heavy atom. The maximum atomic E-state index is 13.2. The second kappa shape index (κ2) is 11.8. The molecule has 1 fully saturated rings. The van der Waals surface area contributed by atoms with Crippen LogP contribution < -0.4 is 19.6 Å². The Morgan fingerprint density at radius 1 is 0.953 bits per heavy atom. The number of aliphatic hydroxyl groups excluding tert-OH is 4. The first-order valence-corrected chi connectivity index (χ1v) is 12.7. The van der Waals surface area contributed by atoms with Crippen molar-refractivity contribution < 1.29 is 63.9 Å². The lowest BCUT2D eigenvalue weighted by Gasteiger charge is -2.38. The van der Waals surface area contributed by atoms with Crippen molar-refractivity contribution in [3.63, 3.8) is 0 Å². The van der Waals surface area contributed by atoms with E-state index in [4.69, 9.17) is 23.4 Å². The number of phenolic OH excluding ortho intramolecular Hbond substituents is 2. The number of fused-ring (bicyclic) bond motifs is 1. The standard InChI is InChI=1S/C29H26O14/c1-39-15-7-5-12(6-8-15)17-10-16(31)20-18(40-17)11-19(41-29-24(35)22(33)23(34)26(43-29)27(36)37)25(21(20)32)42-28(38)13-3-2-4-14(30)9-13/h2-11,22-24,26,28-30,32-35,38H,1H3,(H,36,37)/t22-,23+,24-,26+,28+,29-/m1/s1. The molecule has 1 aliphatic heterocycles. The van der Waals surface area contributed by atoms with Gasteiger partial charge in [0.2, 0.25) is 18.3 Å². The summed E-state index contributed by atoms with van der Waals surface area (Å²) in [5.74, 6) is -3.28. The van der Waals surface area contributed by atoms with Crippen molar-refractivity contribution in [2.75, 3.05) is 7.11 Å². The second-order valence-electron chi connectivity index (χ2n) is 9.55. The van der Waals surface area contributed by atoms with Crippen LogP contribution in [0.1, 0.15) is 11.9 Å². The predicted molar refractivity (Wildman–Crippen MR) is 145 cm³/mol. The lowest BCUT2D eigenvalue weighted by atomic mass is 9.99. The molecule has 5 rings (SSSR count). The van der Waals surface area contributed by atoms with Crippen LogP contribution in [-0.4, -0.2) is 79.5 Å². The zero-order valence-corrected chi connectivity index (χ0v) is 22.2. The molecule has 0 bridgehead atoms. The fourth-order valence-electron chi connectivity index (χ4n) is 4.49. The number of aromatic hydroxyl groups is 2. The number of methoxy groups -OCH3 is 1. The van der Waals surface area contributed by atoms with Crippen molar-refractivity contribution in [1.29, 1.82) is 0 Å². The van der Waals surface area contributed by atoms with Gasteiger partial charge in [0.25, 0.3) is 0 Å². The summed E-state index contributed by atoms with van der Waals surface area (Å²) in [7, 11) is 1.48. The fraction of sp³-hybridized carbons (Fsp3) is 0.241. The van der Waals surface area contributed by atoms with Gasteiger partial charge < -0.3 is 59.1 Å². The van der Waals surface area contributed by atoms with E-state index in [2.05, 4.69) is 0 Å². The van der Waals surface area contributed by atoms with E-state index in [0.29, 0.717) is 11.3 Å². The largest absolute Gasteiger partial charge is 0.508 e. The van der Waals surface area contributed by atoms with Gasteiger partial charge in [0.05, 0.1) is 7.11 Å². The summed E-state index contributed by atoms with van der Waals surface area (Å²) < 4.78 is 27.4. The molecule has 6 atom stereocenters. The molecule has 3 aromatic carbocycles. The normalized spacial score (nSPS) is 22.6. The Bertz CT molecular complexity index is 1700. The Balaban J connectivity index is 1.63. The zero-order valence-electron chi connectivity index (χ0n) is 22.2. The average Bonchev–Trinajstić information content (AvgIpc) is 2.98. The van der Waals surface area contributed by atoms with Gasteiger partial charge in [-0.05, 0) is 36.4 Å². The molecule has 1 aromatic heterocycles. The summed E-state index contributed by atoms with van der Waals surface area (Å²) in [5.41, 5.74) is -0.462. The van der Waals surface area contributed by atoms with Crippen LogP contribution in [0.3, 0.4) is 0 Å². The molecule has 226 valence electrons. The number of hydrogen-bond donors (Lipinski definition) is 7. The first-order chi connectivity index (χ1) is 20.5. The van der Waals surface area contributed by atoms with Gasteiger partial charge in [0.1, 0.15) is 46.5 Å². The summed E-state index contributed by atoms with van der Waals surface area (Å²) in [5, 5.41) is 71.5. The number of benzene rings is 3. The van der Waals surface area contributed by atoms with E-state index in [9.17, 15) is 45.3 Å². The van der Waals surface area contributed by atoms with E-state index < -0.39 is 65.6 Å². The molecule has 43 heavy (non-hydrogen) atoms. The number of carboxylic acids is 1. The van der Waals surface area contributed by atoms with E-state index in [1.165, 1.54) is 31.4 Å². The van der Waals surface area contributed by atoms with Crippen LogP contribution in [0.4, 0.5) is 0 Å². The van der Waals surface area contributed by atoms with Gasteiger partial charge >= 0.3 is 5.97 Å². The SMILES string of the molecule is COc1ccc(-c2cc(=O)c3c(O)c(O[C@H](O)c4cccc(O)c4)c(O[C@@H]4O[C@H](C(=O)O)[C@@H](O)[C@@H](O)[C@H]4O)cc3o2)cc1. The highest BCUT2D eigenvalue weighted by molar-refractivity contribution is 5.89. The topological polar surface area (TPSA) is 226 Å². The molecular formula is C29H26O14. The van der Waals surface area contributed by atoms with Gasteiger partial charge in [-0.2, -0.15) is 0 Å². The highest BCUT2D eigenvalue weighted by atomic mass is 16.7. The Kier molecular flexibility index (Phi) is 8.12. The van der Waals surface area contributed by atoms with E-state index in [-0.39, 0.29) is 28.0 Å². The fourth-order valence-corrected chi connectivity index (χ4v) is 4.49. The molecule has 0 saturated carbocycles. The molecule has 14 heteroatoms. The molecule has 0 aliphatic carbocycles. The number of phenols is 2. The predicted octanol–water partition coefficient (Wildman–Crippen LogP) is 1.22. The van der Waals surface area contributed by atoms with Crippen LogP contribution in [0.5, 0.6) is 28.7 Å². The summed E-state index contributed by atoms with van der Waals surface area (Å²) in [4.78, 5) is 24.8. The van der Waals surface area contributed by atoms with Crippen LogP contribution >= 0.6 is 0 Å². The molecule has 0 spiro atoms. The van der Waals surface area contributed by atoms with Crippen molar-refractivity contribution in [3.8, 4) is 40.1 Å². The molecule has 0 radical (unpaired) electrons. The van der Waals surface area contributed by atoms with Crippen LogP contribution in [-0.2, 0) is 9.53 Å². The van der Waals surface area contributed by atoms with E-state index >= 15 is 0 Å². The third kappa shape index (κ3) is 5.77. The van der Waals surface area contributed by atoms with E-state index in [1.807, 2.05) is 0 Å². The van der Waals surface area contributed by atoms with Crippen LogP contribution in [0.15, 0.2) is 69.9 Å². The number of carbonyl (C=O) groups is 1. The van der Waals surface area contributed by atoms with Crippen molar-refractivity contribution in [2.24, 2.45) is 0 Å². The number of carboxylic acid groups (broad SMARTS) is 1. The van der Waals surface area contributed by atoms with Gasteiger partial charge in [-0.25, -0.2) is 4.79 Å². The minimum Gasteiger partial charge on any atom is -0.508 e. The van der Waals surface area contributed by atoms with Crippen LogP contribution in [0, 0.1) is 0 Å². The lowest BCUT2D eigenvalue weighted by molar-refractivity contribution is -0.271. The summed E-state index contributed by atoms with van der Waals surface area (Å²) in [6, 6.07) is 14.0. The maximum Gasteiger partial charge on any atom is 0.335 e. The third-order valence-corrected chi connectivity index (χ3v) is 6.73. The minimum atomic E-state index is -2.02. The van der Waals surface area contributed by atoms with Gasteiger partial charge in [-0.3, -0.25) is 4.79 Å². The highest BCUT2D eigenvalue weighted by Gasteiger charge is 2.48. The molecule has 0 amide bonds. The third-order valence-electron chi connectivity index (χ3n) is 6.73. The van der Waals surface area contributed by atoms with Gasteiger partial charge in [-0.1, -0.05) is 12.1 Å². The average molecular weight is 599 g/mol. The van der Waals surface area contributed by atoms with Crippen molar-refractivity contribution in [3.05, 3.63) is 76.5 Å². The Hall–Kier alpha value is -4.86. The quantitative estimate of drug-likeness (QED) is 0.142. The van der Waals surface area contributed by atoms with Crippen LogP contribution in [0.25, 0.3) is 22.3 Å². The molecule has 4 aromatic rings. The Labute approximate surface area is 241 Å². The lowest BCUT2D eigenvalue weighted by Crippen LogP contribution is -2.61. The summed E-state index contributed by atoms with van der Waals surface area (Å²) in [6.45, 7) is 0. The van der Waals surface area contributed by atoms with Gasteiger partial charge in [0.15, 0.2) is 23.0 Å². The molecule has 7 N–H and O–H groups in total. The molecule has 1 aliphatic rings. The minimum absolute atomic E-state index is 0.0331. The molecular weight excluding hydrogens is 572 g/mol. The number of aliphatic carboxylic acids is 1. The van der Waals surface area contributed by atoms with E-state index in [1.54, 1.807) is 24.3 Å². The number of rotatable bonds is 8. The highest BCUT2D eigenvalue weighted by Crippen LogP contribution is 2.45. The molecule has 0 unspecified atom stereocenters. The smallest absolute Gasteiger partial charge is 0.335 e. The number of aliphatic hydroxyl groups is 4. The number of ether oxygens (including phenoxy) is 4. The summed E-state index contributed by atoms with van der Waals surface area (Å²) >= 11 is 0. The molecule has 1 saturated heterocycles. The van der Waals surface area contributed by atoms with Crippen molar-refractivity contribution >= 4 is 16.9 Å². The first kappa shape index (κ1) is 29.6. The first-order valence-electron chi connectivity index (χ1n) is 12.7. The van der Waals surface area contributed by atoms with Crippen LogP contribution in [0.2, 0.25) is 0 Å². The monoisotopic (exact) mass is 598 g/mol. The molecule has 2 heterocycles. The van der Waals surface area contributed by atoms with E-state index in [0.717, 1.165) is 12.1 Å². The van der Waals surface area contributed by atoms with Crippen molar-refractivity contribution in [2.45, 2.75) is 37.0 Å². The van der Waals surface area contributed by atoms with Gasteiger partial charge in [0, 0.05) is 23.3 Å². The zero-order chi connectivity index (χ0) is 31.0.